The molecule has 2 heterocycles. The number of aromatic nitrogens is 1. The van der Waals surface area contributed by atoms with Crippen molar-refractivity contribution in [2.75, 3.05) is 0 Å². The Morgan fingerprint density at radius 2 is 2.00 bits per heavy atom. The van der Waals surface area contributed by atoms with Crippen molar-refractivity contribution in [2.45, 2.75) is 12.6 Å². The molecule has 0 fully saturated rings. The third kappa shape index (κ3) is 4.56. The molecule has 0 spiro atoms. The van der Waals surface area contributed by atoms with Crippen LogP contribution in [0.2, 0.25) is 5.02 Å². The van der Waals surface area contributed by atoms with Gasteiger partial charge in [-0.25, -0.2) is 0 Å². The van der Waals surface area contributed by atoms with E-state index in [9.17, 15) is 14.4 Å². The van der Waals surface area contributed by atoms with Crippen LogP contribution in [0.4, 0.5) is 0 Å². The predicted molar refractivity (Wildman–Crippen MR) is 104 cm³/mol. The Balaban J connectivity index is 1.97. The van der Waals surface area contributed by atoms with Crippen molar-refractivity contribution in [1.29, 1.82) is 0 Å². The molecule has 0 saturated heterocycles. The van der Waals surface area contributed by atoms with Crippen LogP contribution in [0.1, 0.15) is 22.2 Å². The van der Waals surface area contributed by atoms with Gasteiger partial charge in [0.1, 0.15) is 5.76 Å². The first-order valence-electron chi connectivity index (χ1n) is 7.93. The Kier molecular flexibility index (Phi) is 5.93. The first-order valence-corrected chi connectivity index (χ1v) is 9.10. The molecule has 138 valence electrons. The minimum absolute atomic E-state index is 0.0867. The highest BCUT2D eigenvalue weighted by atomic mass is 79.9. The largest absolute Gasteiger partial charge is 0.467 e. The maximum Gasteiger partial charge on any atom is 0.251 e. The summed E-state index contributed by atoms with van der Waals surface area (Å²) in [4.78, 5) is 38.2. The molecule has 0 unspecified atom stereocenters. The molecule has 3 rings (SSSR count). The van der Waals surface area contributed by atoms with Gasteiger partial charge in [0.15, 0.2) is 11.8 Å². The lowest BCUT2D eigenvalue weighted by atomic mass is 10.0. The number of Topliss-reactive ketones (excluding diaryl/α,β-unsaturated/α-hetero) is 1. The fourth-order valence-electron chi connectivity index (χ4n) is 2.53. The van der Waals surface area contributed by atoms with E-state index >= 15 is 0 Å². The van der Waals surface area contributed by atoms with Crippen LogP contribution < -0.4 is 10.9 Å². The SMILES string of the molecule is O=C(NCc1ccco1)[C@@H](C(=O)c1cccc(Br)c1)n1cc(Cl)ccc1=O. The monoisotopic (exact) mass is 448 g/mol. The van der Waals surface area contributed by atoms with Crippen molar-refractivity contribution < 1.29 is 14.0 Å². The Bertz CT molecular complexity index is 1030. The summed E-state index contributed by atoms with van der Waals surface area (Å²) in [6, 6.07) is 11.2. The van der Waals surface area contributed by atoms with Gasteiger partial charge in [-0.1, -0.05) is 39.7 Å². The van der Waals surface area contributed by atoms with E-state index in [4.69, 9.17) is 16.0 Å². The van der Waals surface area contributed by atoms with E-state index in [0.29, 0.717) is 10.2 Å². The predicted octanol–water partition coefficient (Wildman–Crippen LogP) is 3.60. The van der Waals surface area contributed by atoms with Crippen LogP contribution in [0, 0.1) is 0 Å². The van der Waals surface area contributed by atoms with Crippen LogP contribution in [-0.4, -0.2) is 16.3 Å². The van der Waals surface area contributed by atoms with E-state index in [-0.39, 0.29) is 17.1 Å². The topological polar surface area (TPSA) is 81.3 Å². The zero-order valence-electron chi connectivity index (χ0n) is 13.9. The first kappa shape index (κ1) is 19.1. The van der Waals surface area contributed by atoms with Crippen molar-refractivity contribution in [2.24, 2.45) is 0 Å². The molecule has 0 saturated carbocycles. The Morgan fingerprint density at radius 1 is 1.19 bits per heavy atom. The number of nitrogens with zero attached hydrogens (tertiary/aromatic N) is 1. The van der Waals surface area contributed by atoms with Crippen molar-refractivity contribution >= 4 is 39.2 Å². The van der Waals surface area contributed by atoms with Crippen LogP contribution in [-0.2, 0) is 11.3 Å². The third-order valence-electron chi connectivity index (χ3n) is 3.80. The smallest absolute Gasteiger partial charge is 0.251 e. The summed E-state index contributed by atoms with van der Waals surface area (Å²) in [6.07, 6.45) is 2.75. The number of hydrogen-bond donors (Lipinski definition) is 1. The third-order valence-corrected chi connectivity index (χ3v) is 4.52. The van der Waals surface area contributed by atoms with E-state index < -0.39 is 23.3 Å². The molecule has 3 aromatic rings. The molecule has 0 aliphatic heterocycles. The highest BCUT2D eigenvalue weighted by molar-refractivity contribution is 9.10. The number of furan rings is 1. The molecule has 0 aliphatic rings. The Morgan fingerprint density at radius 3 is 2.70 bits per heavy atom. The summed E-state index contributed by atoms with van der Waals surface area (Å²) in [5.74, 6) is -0.645. The molecule has 8 heteroatoms. The molecule has 6 nitrogen and oxygen atoms in total. The number of amides is 1. The number of rotatable bonds is 6. The van der Waals surface area contributed by atoms with Crippen molar-refractivity contribution in [3.05, 3.63) is 92.2 Å². The second-order valence-electron chi connectivity index (χ2n) is 5.67. The number of ketones is 1. The molecule has 0 aliphatic carbocycles. The van der Waals surface area contributed by atoms with E-state index in [1.807, 2.05) is 0 Å². The fraction of sp³-hybridized carbons (Fsp3) is 0.105. The van der Waals surface area contributed by atoms with Crippen LogP contribution in [0.15, 0.2) is 74.7 Å². The summed E-state index contributed by atoms with van der Waals surface area (Å²) >= 11 is 9.28. The molecule has 0 radical (unpaired) electrons. The average molecular weight is 450 g/mol. The Hall–Kier alpha value is -2.64. The van der Waals surface area contributed by atoms with Crippen molar-refractivity contribution in [3.63, 3.8) is 0 Å². The van der Waals surface area contributed by atoms with Crippen molar-refractivity contribution in [3.8, 4) is 0 Å². The van der Waals surface area contributed by atoms with Gasteiger partial charge in [-0.15, -0.1) is 0 Å². The zero-order chi connectivity index (χ0) is 19.4. The molecule has 1 aromatic carbocycles. The fourth-order valence-corrected chi connectivity index (χ4v) is 3.10. The van der Waals surface area contributed by atoms with Crippen LogP contribution in [0.5, 0.6) is 0 Å². The number of halogens is 2. The number of hydrogen-bond acceptors (Lipinski definition) is 4. The molecule has 0 bridgehead atoms. The van der Waals surface area contributed by atoms with Gasteiger partial charge in [-0.3, -0.25) is 19.0 Å². The maximum atomic E-state index is 13.1. The molecule has 2 aromatic heterocycles. The molecule has 1 atom stereocenters. The lowest BCUT2D eigenvalue weighted by Crippen LogP contribution is -2.41. The van der Waals surface area contributed by atoms with E-state index in [2.05, 4.69) is 21.2 Å². The van der Waals surface area contributed by atoms with E-state index in [0.717, 1.165) is 4.57 Å². The number of carbonyl (C=O) groups is 2. The van der Waals surface area contributed by atoms with Gasteiger partial charge in [-0.2, -0.15) is 0 Å². The number of pyridine rings is 1. The second kappa shape index (κ2) is 8.37. The first-order chi connectivity index (χ1) is 13.0. The summed E-state index contributed by atoms with van der Waals surface area (Å²) in [7, 11) is 0. The lowest BCUT2D eigenvalue weighted by molar-refractivity contribution is -0.123. The molecule has 27 heavy (non-hydrogen) atoms. The minimum atomic E-state index is -1.40. The minimum Gasteiger partial charge on any atom is -0.467 e. The number of carbonyl (C=O) groups excluding carboxylic acids is 2. The number of benzene rings is 1. The number of nitrogens with one attached hydrogen (secondary N) is 1. The van der Waals surface area contributed by atoms with E-state index in [1.165, 1.54) is 24.6 Å². The molecular formula is C19H14BrClN2O4. The van der Waals surface area contributed by atoms with E-state index in [1.54, 1.807) is 36.4 Å². The highest BCUT2D eigenvalue weighted by Gasteiger charge is 2.30. The van der Waals surface area contributed by atoms with Crippen molar-refractivity contribution in [1.82, 2.24) is 9.88 Å². The quantitative estimate of drug-likeness (QED) is 0.460. The molecule has 1 amide bonds. The van der Waals surface area contributed by atoms with Gasteiger partial charge in [0.2, 0.25) is 0 Å². The summed E-state index contributed by atoms with van der Waals surface area (Å²) in [5, 5.41) is 2.86. The second-order valence-corrected chi connectivity index (χ2v) is 7.02. The summed E-state index contributed by atoms with van der Waals surface area (Å²) in [5.41, 5.74) is -0.227. The molecular weight excluding hydrogens is 436 g/mol. The van der Waals surface area contributed by atoms with Crippen LogP contribution in [0.25, 0.3) is 0 Å². The van der Waals surface area contributed by atoms with Crippen LogP contribution >= 0.6 is 27.5 Å². The van der Waals surface area contributed by atoms with Gasteiger partial charge >= 0.3 is 0 Å². The highest BCUT2D eigenvalue weighted by Crippen LogP contribution is 2.19. The zero-order valence-corrected chi connectivity index (χ0v) is 16.2. The standard InChI is InChI=1S/C19H14BrClN2O4/c20-13-4-1-3-12(9-13)18(25)17(23-11-14(21)6-7-16(23)24)19(26)22-10-15-5-2-8-27-15/h1-9,11,17H,10H2,(H,22,26)/t17-/m1/s1. The van der Waals surface area contributed by atoms with Gasteiger partial charge in [0.05, 0.1) is 17.8 Å². The van der Waals surface area contributed by atoms with Gasteiger partial charge in [0.25, 0.3) is 11.5 Å². The molecule has 1 N–H and O–H groups in total. The Labute approximate surface area is 167 Å². The van der Waals surface area contributed by atoms with Gasteiger partial charge in [0, 0.05) is 22.3 Å². The van der Waals surface area contributed by atoms with Crippen LogP contribution in [0.3, 0.4) is 0 Å². The van der Waals surface area contributed by atoms with Gasteiger partial charge in [-0.05, 0) is 30.3 Å². The lowest BCUT2D eigenvalue weighted by Gasteiger charge is -2.18. The normalized spacial score (nSPS) is 11.8. The van der Waals surface area contributed by atoms with Gasteiger partial charge < -0.3 is 9.73 Å². The average Bonchev–Trinajstić information content (AvgIpc) is 3.16. The summed E-state index contributed by atoms with van der Waals surface area (Å²) in [6.45, 7) is 0.0867. The summed E-state index contributed by atoms with van der Waals surface area (Å²) < 4.78 is 6.89. The maximum absolute atomic E-state index is 13.1.